The van der Waals surface area contributed by atoms with E-state index in [0.29, 0.717) is 10.0 Å². The van der Waals surface area contributed by atoms with E-state index in [4.69, 9.17) is 5.73 Å². The highest BCUT2D eigenvalue weighted by molar-refractivity contribution is 9.10. The quantitative estimate of drug-likeness (QED) is 0.790. The van der Waals surface area contributed by atoms with Crippen LogP contribution in [-0.2, 0) is 0 Å². The maximum absolute atomic E-state index is 13.1. The summed E-state index contributed by atoms with van der Waals surface area (Å²) in [4.78, 5) is 10.7. The minimum Gasteiger partial charge on any atom is -0.366 e. The first-order chi connectivity index (χ1) is 5.52. The van der Waals surface area contributed by atoms with E-state index in [2.05, 4.69) is 15.9 Å². The second-order valence-electron chi connectivity index (χ2n) is 2.45. The molecule has 0 fully saturated rings. The van der Waals surface area contributed by atoms with Crippen LogP contribution in [0.25, 0.3) is 0 Å². The molecular weight excluding hydrogens is 225 g/mol. The SMILES string of the molecule is Cc1cc(Br)cc(C(N)=O)c1F. The zero-order valence-electron chi connectivity index (χ0n) is 6.40. The molecule has 0 spiro atoms. The van der Waals surface area contributed by atoms with E-state index >= 15 is 0 Å². The van der Waals surface area contributed by atoms with Crippen LogP contribution in [0.1, 0.15) is 15.9 Å². The van der Waals surface area contributed by atoms with E-state index in [9.17, 15) is 9.18 Å². The fourth-order valence-electron chi connectivity index (χ4n) is 0.905. The average molecular weight is 232 g/mol. The molecular formula is C8H7BrFNO. The highest BCUT2D eigenvalue weighted by Gasteiger charge is 2.10. The molecule has 0 aliphatic heterocycles. The van der Waals surface area contributed by atoms with Gasteiger partial charge in [-0.3, -0.25) is 4.79 Å². The number of primary amides is 1. The maximum Gasteiger partial charge on any atom is 0.251 e. The molecule has 0 aromatic heterocycles. The van der Waals surface area contributed by atoms with Gasteiger partial charge in [-0.15, -0.1) is 0 Å². The summed E-state index contributed by atoms with van der Waals surface area (Å²) in [6.45, 7) is 1.58. The standard InChI is InChI=1S/C8H7BrFNO/c1-4-2-5(9)3-6(7(4)10)8(11)12/h2-3H,1H3,(H2,11,12). The van der Waals surface area contributed by atoms with Crippen molar-refractivity contribution in [1.82, 2.24) is 0 Å². The number of amides is 1. The Morgan fingerprint density at radius 1 is 1.58 bits per heavy atom. The molecule has 0 unspecified atom stereocenters. The van der Waals surface area contributed by atoms with Gasteiger partial charge in [0.05, 0.1) is 5.56 Å². The summed E-state index contributed by atoms with van der Waals surface area (Å²) in [5.74, 6) is -1.30. The third-order valence-electron chi connectivity index (χ3n) is 1.48. The summed E-state index contributed by atoms with van der Waals surface area (Å²) in [6.07, 6.45) is 0. The van der Waals surface area contributed by atoms with Gasteiger partial charge in [0.2, 0.25) is 0 Å². The Kier molecular flexibility index (Phi) is 2.47. The molecule has 0 bridgehead atoms. The largest absolute Gasteiger partial charge is 0.366 e. The molecule has 4 heteroatoms. The molecule has 0 atom stereocenters. The van der Waals surface area contributed by atoms with Crippen molar-refractivity contribution in [3.8, 4) is 0 Å². The van der Waals surface area contributed by atoms with Gasteiger partial charge in [-0.2, -0.15) is 0 Å². The van der Waals surface area contributed by atoms with E-state index in [1.807, 2.05) is 0 Å². The molecule has 2 N–H and O–H groups in total. The fraction of sp³-hybridized carbons (Fsp3) is 0.125. The molecule has 0 heterocycles. The van der Waals surface area contributed by atoms with Crippen LogP contribution in [0.3, 0.4) is 0 Å². The van der Waals surface area contributed by atoms with Crippen LogP contribution in [0.5, 0.6) is 0 Å². The van der Waals surface area contributed by atoms with Crippen LogP contribution in [0.2, 0.25) is 0 Å². The molecule has 0 saturated carbocycles. The topological polar surface area (TPSA) is 43.1 Å². The van der Waals surface area contributed by atoms with Gasteiger partial charge >= 0.3 is 0 Å². The number of benzene rings is 1. The number of hydrogen-bond donors (Lipinski definition) is 1. The van der Waals surface area contributed by atoms with Crippen molar-refractivity contribution in [2.75, 3.05) is 0 Å². The lowest BCUT2D eigenvalue weighted by Crippen LogP contribution is -2.13. The summed E-state index contributed by atoms with van der Waals surface area (Å²) in [5, 5.41) is 0. The number of hydrogen-bond acceptors (Lipinski definition) is 1. The minimum atomic E-state index is -0.753. The van der Waals surface area contributed by atoms with E-state index in [0.717, 1.165) is 0 Å². The molecule has 1 rings (SSSR count). The number of carbonyl (C=O) groups excluding carboxylic acids is 1. The Morgan fingerprint density at radius 2 is 2.17 bits per heavy atom. The van der Waals surface area contributed by atoms with Crippen LogP contribution in [0, 0.1) is 12.7 Å². The third-order valence-corrected chi connectivity index (χ3v) is 1.94. The predicted octanol–water partition coefficient (Wildman–Crippen LogP) is 2.00. The van der Waals surface area contributed by atoms with Gasteiger partial charge in [0.25, 0.3) is 5.91 Å². The molecule has 1 aromatic rings. The van der Waals surface area contributed by atoms with Crippen molar-refractivity contribution in [1.29, 1.82) is 0 Å². The predicted molar refractivity (Wildman–Crippen MR) is 47.4 cm³/mol. The Balaban J connectivity index is 3.37. The first-order valence-electron chi connectivity index (χ1n) is 3.28. The Hall–Kier alpha value is -0.900. The molecule has 1 amide bonds. The second kappa shape index (κ2) is 3.23. The number of aryl methyl sites for hydroxylation is 1. The minimum absolute atomic E-state index is 0.0816. The third kappa shape index (κ3) is 1.64. The summed E-state index contributed by atoms with van der Waals surface area (Å²) in [6, 6.07) is 2.95. The summed E-state index contributed by atoms with van der Waals surface area (Å²) in [7, 11) is 0. The van der Waals surface area contributed by atoms with Crippen molar-refractivity contribution < 1.29 is 9.18 Å². The van der Waals surface area contributed by atoms with Gasteiger partial charge in [-0.1, -0.05) is 15.9 Å². The van der Waals surface area contributed by atoms with Gasteiger partial charge in [0, 0.05) is 4.47 Å². The van der Waals surface area contributed by atoms with Crippen molar-refractivity contribution in [2.24, 2.45) is 5.73 Å². The highest BCUT2D eigenvalue weighted by atomic mass is 79.9. The number of rotatable bonds is 1. The Morgan fingerprint density at radius 3 is 2.67 bits per heavy atom. The summed E-state index contributed by atoms with van der Waals surface area (Å²) in [5.41, 5.74) is 5.27. The van der Waals surface area contributed by atoms with Crippen LogP contribution >= 0.6 is 15.9 Å². The molecule has 64 valence electrons. The fourth-order valence-corrected chi connectivity index (χ4v) is 1.48. The zero-order chi connectivity index (χ0) is 9.30. The van der Waals surface area contributed by atoms with Crippen LogP contribution in [0.15, 0.2) is 16.6 Å². The zero-order valence-corrected chi connectivity index (χ0v) is 7.98. The van der Waals surface area contributed by atoms with Crippen molar-refractivity contribution in [2.45, 2.75) is 6.92 Å². The van der Waals surface area contributed by atoms with E-state index < -0.39 is 11.7 Å². The van der Waals surface area contributed by atoms with Crippen LogP contribution in [0.4, 0.5) is 4.39 Å². The molecule has 1 aromatic carbocycles. The Labute approximate surface area is 77.7 Å². The number of nitrogens with two attached hydrogens (primary N) is 1. The van der Waals surface area contributed by atoms with E-state index in [-0.39, 0.29) is 5.56 Å². The maximum atomic E-state index is 13.1. The second-order valence-corrected chi connectivity index (χ2v) is 3.36. The number of halogens is 2. The van der Waals surface area contributed by atoms with Crippen LogP contribution in [-0.4, -0.2) is 5.91 Å². The molecule has 12 heavy (non-hydrogen) atoms. The molecule has 0 saturated heterocycles. The smallest absolute Gasteiger partial charge is 0.251 e. The van der Waals surface area contributed by atoms with Gasteiger partial charge in [0.15, 0.2) is 0 Å². The molecule has 0 radical (unpaired) electrons. The van der Waals surface area contributed by atoms with Crippen molar-refractivity contribution >= 4 is 21.8 Å². The monoisotopic (exact) mass is 231 g/mol. The highest BCUT2D eigenvalue weighted by Crippen LogP contribution is 2.19. The molecule has 2 nitrogen and oxygen atoms in total. The van der Waals surface area contributed by atoms with Crippen molar-refractivity contribution in [3.63, 3.8) is 0 Å². The van der Waals surface area contributed by atoms with Gasteiger partial charge in [-0.05, 0) is 24.6 Å². The molecule has 0 aliphatic carbocycles. The average Bonchev–Trinajstić information content (AvgIpc) is 1.96. The first kappa shape index (κ1) is 9.19. The lowest BCUT2D eigenvalue weighted by molar-refractivity contribution is 0.0996. The van der Waals surface area contributed by atoms with E-state index in [1.165, 1.54) is 6.07 Å². The normalized spacial score (nSPS) is 9.92. The van der Waals surface area contributed by atoms with Crippen LogP contribution < -0.4 is 5.73 Å². The summed E-state index contributed by atoms with van der Waals surface area (Å²) >= 11 is 3.14. The van der Waals surface area contributed by atoms with Gasteiger partial charge in [-0.25, -0.2) is 4.39 Å². The summed E-state index contributed by atoms with van der Waals surface area (Å²) < 4.78 is 13.8. The Bertz CT molecular complexity index is 338. The lowest BCUT2D eigenvalue weighted by Gasteiger charge is -2.02. The lowest BCUT2D eigenvalue weighted by atomic mass is 10.1. The first-order valence-corrected chi connectivity index (χ1v) is 4.07. The van der Waals surface area contributed by atoms with E-state index in [1.54, 1.807) is 13.0 Å². The van der Waals surface area contributed by atoms with Gasteiger partial charge in [0.1, 0.15) is 5.82 Å². The van der Waals surface area contributed by atoms with Gasteiger partial charge < -0.3 is 5.73 Å². The number of carbonyl (C=O) groups is 1. The molecule has 0 aliphatic rings. The van der Waals surface area contributed by atoms with Crippen molar-refractivity contribution in [3.05, 3.63) is 33.5 Å².